The first kappa shape index (κ1) is 29.2. The number of thiazole rings is 1. The van der Waals surface area contributed by atoms with E-state index in [0.29, 0.717) is 36.1 Å². The third-order valence-electron chi connectivity index (χ3n) is 8.02. The molecule has 4 heterocycles. The van der Waals surface area contributed by atoms with Crippen molar-refractivity contribution in [3.8, 4) is 17.3 Å². The highest BCUT2D eigenvalue weighted by molar-refractivity contribution is 7.98. The Morgan fingerprint density at radius 1 is 0.867 bits per heavy atom. The lowest BCUT2D eigenvalue weighted by molar-refractivity contribution is 0.0592. The molecule has 0 radical (unpaired) electrons. The minimum Gasteiger partial charge on any atom is -0.461 e. The Balaban J connectivity index is 1.03. The Labute approximate surface area is 270 Å². The summed E-state index contributed by atoms with van der Waals surface area (Å²) in [6.45, 7) is 4.97. The molecule has 3 aromatic heterocycles. The fourth-order valence-corrected chi connectivity index (χ4v) is 7.52. The number of thioether (sulfide) groups is 1. The van der Waals surface area contributed by atoms with Gasteiger partial charge < -0.3 is 9.32 Å². The van der Waals surface area contributed by atoms with E-state index in [1.807, 2.05) is 39.1 Å². The molecule has 7 rings (SSSR count). The maximum absolute atomic E-state index is 13.5. The highest BCUT2D eigenvalue weighted by atomic mass is 32.2. The molecule has 0 bridgehead atoms. The first-order valence-corrected chi connectivity index (χ1v) is 16.8. The summed E-state index contributed by atoms with van der Waals surface area (Å²) in [5.74, 6) is 1.86. The topological polar surface area (TPSA) is 80.3 Å². The smallest absolute Gasteiger partial charge is 0.273 e. The van der Waals surface area contributed by atoms with Gasteiger partial charge in [0.1, 0.15) is 10.7 Å². The van der Waals surface area contributed by atoms with Gasteiger partial charge in [-0.1, -0.05) is 90.6 Å². The van der Waals surface area contributed by atoms with Gasteiger partial charge in [0, 0.05) is 31.6 Å². The van der Waals surface area contributed by atoms with Crippen molar-refractivity contribution in [3.63, 3.8) is 0 Å². The average Bonchev–Trinajstić information content (AvgIpc) is 3.87. The van der Waals surface area contributed by atoms with Crippen LogP contribution in [0.2, 0.25) is 0 Å². The van der Waals surface area contributed by atoms with Gasteiger partial charge in [0.15, 0.2) is 10.9 Å². The molecule has 0 aliphatic carbocycles. The molecule has 1 amide bonds. The number of aryl methyl sites for hydroxylation is 1. The Bertz CT molecular complexity index is 1820. The first-order valence-electron chi connectivity index (χ1n) is 14.9. The van der Waals surface area contributed by atoms with E-state index in [4.69, 9.17) is 9.40 Å². The number of para-hydroxylation sites is 1. The van der Waals surface area contributed by atoms with E-state index in [2.05, 4.69) is 94.8 Å². The van der Waals surface area contributed by atoms with Gasteiger partial charge in [0.2, 0.25) is 5.82 Å². The fourth-order valence-electron chi connectivity index (χ4n) is 5.79. The first-order chi connectivity index (χ1) is 22.2. The van der Waals surface area contributed by atoms with Crippen LogP contribution in [0.25, 0.3) is 17.3 Å². The van der Waals surface area contributed by atoms with Gasteiger partial charge in [-0.25, -0.2) is 4.98 Å². The molecular weight excluding hydrogens is 601 g/mol. The Hall–Kier alpha value is -4.51. The van der Waals surface area contributed by atoms with Crippen molar-refractivity contribution in [2.24, 2.45) is 0 Å². The van der Waals surface area contributed by atoms with E-state index in [1.54, 1.807) is 18.0 Å². The number of carbonyl (C=O) groups excluding carboxylic acids is 1. The molecule has 0 atom stereocenters. The number of carbonyl (C=O) groups is 1. The third-order valence-corrected chi connectivity index (χ3v) is 10.00. The predicted molar refractivity (Wildman–Crippen MR) is 178 cm³/mol. The lowest BCUT2D eigenvalue weighted by atomic mass is 9.96. The Kier molecular flexibility index (Phi) is 8.59. The molecule has 3 aromatic carbocycles. The number of hydrogen-bond acceptors (Lipinski definition) is 8. The summed E-state index contributed by atoms with van der Waals surface area (Å²) in [5.41, 5.74) is 5.13. The van der Waals surface area contributed by atoms with Crippen LogP contribution in [0.5, 0.6) is 0 Å². The van der Waals surface area contributed by atoms with Crippen molar-refractivity contribution in [2.45, 2.75) is 23.9 Å². The fraction of sp³-hybridized carbons (Fsp3) is 0.200. The van der Waals surface area contributed by atoms with Crippen molar-refractivity contribution < 1.29 is 9.21 Å². The Morgan fingerprint density at radius 2 is 1.56 bits per heavy atom. The van der Waals surface area contributed by atoms with Crippen molar-refractivity contribution in [2.75, 3.05) is 26.2 Å². The summed E-state index contributed by atoms with van der Waals surface area (Å²) in [4.78, 5) is 22.7. The van der Waals surface area contributed by atoms with Crippen LogP contribution in [0.1, 0.15) is 38.2 Å². The molecule has 0 saturated carbocycles. The number of aromatic nitrogens is 4. The zero-order valence-electron chi connectivity index (χ0n) is 24.8. The minimum atomic E-state index is -0.0127. The van der Waals surface area contributed by atoms with Crippen molar-refractivity contribution in [3.05, 3.63) is 136 Å². The zero-order valence-corrected chi connectivity index (χ0v) is 26.5. The maximum atomic E-state index is 13.5. The SMILES string of the molecule is Cc1ccccc1-n1c(SCc2nc(C(=O)N3CCN(C(c4ccccc4)c4ccccc4)CC3)cs2)nnc1-c1ccco1. The van der Waals surface area contributed by atoms with E-state index in [0.717, 1.165) is 34.5 Å². The number of nitrogens with zero attached hydrogens (tertiary/aromatic N) is 6. The molecule has 10 heteroatoms. The summed E-state index contributed by atoms with van der Waals surface area (Å²) in [6, 6.07) is 33.2. The minimum absolute atomic E-state index is 0.0127. The van der Waals surface area contributed by atoms with Gasteiger partial charge in [-0.05, 0) is 41.8 Å². The summed E-state index contributed by atoms with van der Waals surface area (Å²) < 4.78 is 7.69. The largest absolute Gasteiger partial charge is 0.461 e. The second-order valence-corrected chi connectivity index (χ2v) is 12.8. The van der Waals surface area contributed by atoms with Crippen molar-refractivity contribution >= 4 is 29.0 Å². The summed E-state index contributed by atoms with van der Waals surface area (Å²) in [5, 5.41) is 12.4. The van der Waals surface area contributed by atoms with Crippen LogP contribution in [0.3, 0.4) is 0 Å². The molecule has 8 nitrogen and oxygen atoms in total. The van der Waals surface area contributed by atoms with E-state index >= 15 is 0 Å². The maximum Gasteiger partial charge on any atom is 0.273 e. The van der Waals surface area contributed by atoms with Gasteiger partial charge in [0.25, 0.3) is 5.91 Å². The lowest BCUT2D eigenvalue weighted by Gasteiger charge is -2.39. The molecule has 0 unspecified atom stereocenters. The molecule has 45 heavy (non-hydrogen) atoms. The van der Waals surface area contributed by atoms with Crippen LogP contribution in [0.4, 0.5) is 0 Å². The second kappa shape index (κ2) is 13.2. The number of hydrogen-bond donors (Lipinski definition) is 0. The van der Waals surface area contributed by atoms with Crippen LogP contribution in [0, 0.1) is 6.92 Å². The molecule has 1 saturated heterocycles. The summed E-state index contributed by atoms with van der Waals surface area (Å²) in [7, 11) is 0. The van der Waals surface area contributed by atoms with Crippen molar-refractivity contribution in [1.82, 2.24) is 29.5 Å². The Morgan fingerprint density at radius 3 is 2.22 bits per heavy atom. The molecular formula is C35H32N6O2S2. The number of piperazine rings is 1. The molecule has 0 N–H and O–H groups in total. The average molecular weight is 633 g/mol. The van der Waals surface area contributed by atoms with Crippen LogP contribution in [-0.4, -0.2) is 61.6 Å². The van der Waals surface area contributed by atoms with Crippen molar-refractivity contribution in [1.29, 1.82) is 0 Å². The standard InChI is InChI=1S/C35H32N6O2S2/c1-25-11-8-9-16-29(25)41-33(30-17-10-22-43-30)37-38-35(41)45-24-31-36-28(23-44-31)34(42)40-20-18-39(19-21-40)32(26-12-4-2-5-13-26)27-14-6-3-7-15-27/h2-17,22-23,32H,18-21,24H2,1H3. The highest BCUT2D eigenvalue weighted by Crippen LogP contribution is 2.33. The highest BCUT2D eigenvalue weighted by Gasteiger charge is 2.29. The van der Waals surface area contributed by atoms with E-state index in [-0.39, 0.29) is 11.9 Å². The number of benzene rings is 3. The van der Waals surface area contributed by atoms with Crippen LogP contribution < -0.4 is 0 Å². The van der Waals surface area contributed by atoms with Gasteiger partial charge in [-0.2, -0.15) is 0 Å². The molecule has 0 spiro atoms. The molecule has 6 aromatic rings. The normalized spacial score (nSPS) is 13.9. The number of furan rings is 1. The van der Waals surface area contributed by atoms with Gasteiger partial charge in [-0.3, -0.25) is 14.3 Å². The van der Waals surface area contributed by atoms with Crippen LogP contribution >= 0.6 is 23.1 Å². The van der Waals surface area contributed by atoms with E-state index in [9.17, 15) is 4.79 Å². The van der Waals surface area contributed by atoms with Gasteiger partial charge in [-0.15, -0.1) is 21.5 Å². The van der Waals surface area contributed by atoms with E-state index in [1.165, 1.54) is 22.5 Å². The monoisotopic (exact) mass is 632 g/mol. The van der Waals surface area contributed by atoms with Crippen LogP contribution in [-0.2, 0) is 5.75 Å². The molecule has 226 valence electrons. The number of rotatable bonds is 9. The molecule has 1 fully saturated rings. The number of amides is 1. The molecule has 1 aliphatic rings. The van der Waals surface area contributed by atoms with Gasteiger partial charge >= 0.3 is 0 Å². The zero-order chi connectivity index (χ0) is 30.6. The summed E-state index contributed by atoms with van der Waals surface area (Å²) in [6.07, 6.45) is 1.64. The van der Waals surface area contributed by atoms with E-state index < -0.39 is 0 Å². The third kappa shape index (κ3) is 6.22. The molecule has 1 aliphatic heterocycles. The van der Waals surface area contributed by atoms with Crippen LogP contribution in [0.15, 0.2) is 118 Å². The predicted octanol–water partition coefficient (Wildman–Crippen LogP) is 7.13. The quantitative estimate of drug-likeness (QED) is 0.157. The lowest BCUT2D eigenvalue weighted by Crippen LogP contribution is -2.50. The summed E-state index contributed by atoms with van der Waals surface area (Å²) >= 11 is 3.05. The second-order valence-electron chi connectivity index (χ2n) is 10.9. The van der Waals surface area contributed by atoms with Gasteiger partial charge in [0.05, 0.1) is 23.7 Å².